The Bertz CT molecular complexity index is 1400. The highest BCUT2D eigenvalue weighted by Gasteiger charge is 2.42. The van der Waals surface area contributed by atoms with E-state index >= 15 is 0 Å². The van der Waals surface area contributed by atoms with Crippen LogP contribution in [-0.2, 0) is 14.3 Å². The maximum Gasteiger partial charge on any atom is 0.337 e. The van der Waals surface area contributed by atoms with E-state index in [2.05, 4.69) is 5.32 Å². The highest BCUT2D eigenvalue weighted by molar-refractivity contribution is 6.04. The summed E-state index contributed by atoms with van der Waals surface area (Å²) in [7, 11) is 1.62. The maximum atomic E-state index is 14.0. The number of dihydropyridines is 1. The SMILES string of the molecule is CCOc1ccc([C@@H]2CC(=O)C3=C(C2)NC(C)=C(C(=O)OC2CCCC2)[C@@H]3c2ccc3c(c2)OCO3)cc1OC. The lowest BCUT2D eigenvalue weighted by atomic mass is 9.71. The number of benzene rings is 2. The molecule has 2 aromatic carbocycles. The molecule has 210 valence electrons. The number of ether oxygens (including phenoxy) is 5. The van der Waals surface area contributed by atoms with E-state index in [0.717, 1.165) is 42.5 Å². The van der Waals surface area contributed by atoms with E-state index in [1.807, 2.05) is 50.2 Å². The van der Waals surface area contributed by atoms with E-state index in [4.69, 9.17) is 23.7 Å². The number of Topliss-reactive ketones (excluding diaryl/α,β-unsaturated/α-hetero) is 1. The van der Waals surface area contributed by atoms with Gasteiger partial charge in [-0.05, 0) is 87.3 Å². The van der Waals surface area contributed by atoms with E-state index in [-0.39, 0.29) is 30.6 Å². The lowest BCUT2D eigenvalue weighted by Crippen LogP contribution is -2.36. The van der Waals surface area contributed by atoms with E-state index in [9.17, 15) is 9.59 Å². The van der Waals surface area contributed by atoms with Crippen LogP contribution in [0.3, 0.4) is 0 Å². The minimum Gasteiger partial charge on any atom is -0.493 e. The lowest BCUT2D eigenvalue weighted by Gasteiger charge is -2.37. The number of carbonyl (C=O) groups is 2. The topological polar surface area (TPSA) is 92.3 Å². The molecule has 0 aromatic heterocycles. The molecule has 2 aliphatic heterocycles. The van der Waals surface area contributed by atoms with Crippen LogP contribution in [0.25, 0.3) is 0 Å². The van der Waals surface area contributed by atoms with Crippen LogP contribution in [0.15, 0.2) is 58.9 Å². The van der Waals surface area contributed by atoms with Crippen molar-refractivity contribution < 1.29 is 33.3 Å². The van der Waals surface area contributed by atoms with Crippen molar-refractivity contribution in [2.45, 2.75) is 70.3 Å². The first-order chi connectivity index (χ1) is 19.5. The Kier molecular flexibility index (Phi) is 7.17. The summed E-state index contributed by atoms with van der Waals surface area (Å²) in [6, 6.07) is 11.5. The summed E-state index contributed by atoms with van der Waals surface area (Å²) in [6.45, 7) is 4.51. The van der Waals surface area contributed by atoms with Crippen LogP contribution in [0.4, 0.5) is 0 Å². The second kappa shape index (κ2) is 10.9. The second-order valence-corrected chi connectivity index (χ2v) is 10.8. The normalized spacial score (nSPS) is 22.2. The van der Waals surface area contributed by atoms with Crippen molar-refractivity contribution >= 4 is 11.8 Å². The van der Waals surface area contributed by atoms with E-state index in [1.54, 1.807) is 7.11 Å². The van der Waals surface area contributed by atoms with Crippen LogP contribution in [0, 0.1) is 0 Å². The van der Waals surface area contributed by atoms with Crippen molar-refractivity contribution in [2.75, 3.05) is 20.5 Å². The molecule has 1 N–H and O–H groups in total. The number of nitrogens with one attached hydrogen (secondary N) is 1. The third-order valence-corrected chi connectivity index (χ3v) is 8.31. The number of allylic oxidation sites excluding steroid dienone is 3. The Hall–Kier alpha value is -3.94. The molecule has 4 aliphatic rings. The van der Waals surface area contributed by atoms with E-state index in [0.29, 0.717) is 59.3 Å². The first-order valence-electron chi connectivity index (χ1n) is 14.1. The standard InChI is InChI=1S/C32H35NO7/c1-4-37-25-11-9-19(15-27(25)36-3)21-13-23-31(24(34)14-21)30(20-10-12-26-28(16-20)39-17-38-26)29(18(2)33-23)32(35)40-22-7-5-6-8-22/h9-12,15-16,21-22,30,33H,4-8,13-14,17H2,1-3H3/t21-,30-/m0/s1. The summed E-state index contributed by atoms with van der Waals surface area (Å²) >= 11 is 0. The van der Waals surface area contributed by atoms with Crippen LogP contribution in [0.1, 0.15) is 75.3 Å². The molecule has 8 nitrogen and oxygen atoms in total. The molecular formula is C32H35NO7. The quantitative estimate of drug-likeness (QED) is 0.445. The number of carbonyl (C=O) groups excluding carboxylic acids is 2. The number of ketones is 1. The lowest BCUT2D eigenvalue weighted by molar-refractivity contribution is -0.144. The van der Waals surface area contributed by atoms with Gasteiger partial charge in [0.1, 0.15) is 6.10 Å². The van der Waals surface area contributed by atoms with Gasteiger partial charge in [0.25, 0.3) is 0 Å². The summed E-state index contributed by atoms with van der Waals surface area (Å²) in [5.41, 5.74) is 4.48. The largest absolute Gasteiger partial charge is 0.493 e. The average Bonchev–Trinajstić information content (AvgIpc) is 3.64. The Morgan fingerprint density at radius 3 is 2.55 bits per heavy atom. The fourth-order valence-corrected chi connectivity index (χ4v) is 6.41. The van der Waals surface area contributed by atoms with Gasteiger partial charge in [0, 0.05) is 29.3 Å². The first kappa shape index (κ1) is 26.3. The van der Waals surface area contributed by atoms with E-state index < -0.39 is 5.92 Å². The summed E-state index contributed by atoms with van der Waals surface area (Å²) in [4.78, 5) is 27.7. The second-order valence-electron chi connectivity index (χ2n) is 10.8. The molecule has 2 heterocycles. The molecule has 2 aliphatic carbocycles. The van der Waals surface area contributed by atoms with Gasteiger partial charge in [-0.1, -0.05) is 12.1 Å². The molecule has 0 amide bonds. The molecule has 2 aromatic rings. The van der Waals surface area contributed by atoms with Crippen LogP contribution in [-0.4, -0.2) is 38.4 Å². The molecule has 1 fully saturated rings. The van der Waals surface area contributed by atoms with E-state index in [1.165, 1.54) is 0 Å². The van der Waals surface area contributed by atoms with Crippen LogP contribution >= 0.6 is 0 Å². The number of rotatable bonds is 7. The van der Waals surface area contributed by atoms with Gasteiger partial charge in [0.2, 0.25) is 6.79 Å². The van der Waals surface area contributed by atoms with Gasteiger partial charge in [-0.2, -0.15) is 0 Å². The number of hydrogen-bond acceptors (Lipinski definition) is 8. The molecule has 0 radical (unpaired) electrons. The first-order valence-corrected chi connectivity index (χ1v) is 14.1. The van der Waals surface area contributed by atoms with Crippen molar-refractivity contribution in [3.63, 3.8) is 0 Å². The molecule has 6 rings (SSSR count). The molecule has 0 bridgehead atoms. The maximum absolute atomic E-state index is 14.0. The van der Waals surface area contributed by atoms with Gasteiger partial charge < -0.3 is 29.0 Å². The molecular weight excluding hydrogens is 510 g/mol. The highest BCUT2D eigenvalue weighted by Crippen LogP contribution is 2.48. The number of esters is 1. The fourth-order valence-electron chi connectivity index (χ4n) is 6.41. The molecule has 0 unspecified atom stereocenters. The highest BCUT2D eigenvalue weighted by atomic mass is 16.7. The van der Waals surface area contributed by atoms with Crippen LogP contribution < -0.4 is 24.3 Å². The summed E-state index contributed by atoms with van der Waals surface area (Å²) in [6.07, 6.45) is 4.74. The molecule has 8 heteroatoms. The molecule has 1 saturated carbocycles. The zero-order valence-electron chi connectivity index (χ0n) is 23.2. The number of hydrogen-bond donors (Lipinski definition) is 1. The third-order valence-electron chi connectivity index (χ3n) is 8.31. The van der Waals surface area contributed by atoms with Gasteiger partial charge in [0.15, 0.2) is 28.8 Å². The van der Waals surface area contributed by atoms with Crippen LogP contribution in [0.5, 0.6) is 23.0 Å². The van der Waals surface area contributed by atoms with Crippen molar-refractivity contribution in [1.29, 1.82) is 0 Å². The summed E-state index contributed by atoms with van der Waals surface area (Å²) in [5, 5.41) is 3.44. The third kappa shape index (κ3) is 4.80. The predicted molar refractivity (Wildman–Crippen MR) is 148 cm³/mol. The summed E-state index contributed by atoms with van der Waals surface area (Å²) < 4.78 is 28.4. The van der Waals surface area contributed by atoms with Gasteiger partial charge in [-0.15, -0.1) is 0 Å². The summed E-state index contributed by atoms with van der Waals surface area (Å²) in [5.74, 6) is 1.64. The Labute approximate surface area is 234 Å². The number of methoxy groups -OCH3 is 1. The van der Waals surface area contributed by atoms with Crippen molar-refractivity contribution in [3.8, 4) is 23.0 Å². The molecule has 0 saturated heterocycles. The molecule has 40 heavy (non-hydrogen) atoms. The Morgan fingerprint density at radius 2 is 1.77 bits per heavy atom. The van der Waals surface area contributed by atoms with Crippen molar-refractivity contribution in [3.05, 3.63) is 70.1 Å². The minimum atomic E-state index is -0.553. The fraction of sp³-hybridized carbons (Fsp3) is 0.438. The smallest absolute Gasteiger partial charge is 0.337 e. The Morgan fingerprint density at radius 1 is 1.00 bits per heavy atom. The van der Waals surface area contributed by atoms with Crippen LogP contribution in [0.2, 0.25) is 0 Å². The molecule has 0 spiro atoms. The zero-order chi connectivity index (χ0) is 27.8. The zero-order valence-corrected chi connectivity index (χ0v) is 23.2. The predicted octanol–water partition coefficient (Wildman–Crippen LogP) is 5.67. The van der Waals surface area contributed by atoms with Gasteiger partial charge in [0.05, 0.1) is 19.3 Å². The molecule has 2 atom stereocenters. The van der Waals surface area contributed by atoms with Gasteiger partial charge >= 0.3 is 5.97 Å². The number of fused-ring (bicyclic) bond motifs is 1. The van der Waals surface area contributed by atoms with Crippen molar-refractivity contribution in [1.82, 2.24) is 5.32 Å². The van der Waals surface area contributed by atoms with Gasteiger partial charge in [-0.3, -0.25) is 4.79 Å². The van der Waals surface area contributed by atoms with Gasteiger partial charge in [-0.25, -0.2) is 4.79 Å². The minimum absolute atomic E-state index is 0.00735. The monoisotopic (exact) mass is 545 g/mol. The Balaban J connectivity index is 1.37. The van der Waals surface area contributed by atoms with Crippen molar-refractivity contribution in [2.24, 2.45) is 0 Å². The average molecular weight is 546 g/mol.